The molecule has 4 heteroatoms. The van der Waals surface area contributed by atoms with E-state index in [4.69, 9.17) is 11.6 Å². The number of carbonyl (C=O) groups excluding carboxylic acids is 1. The third-order valence-electron chi connectivity index (χ3n) is 3.94. The molecule has 0 aromatic heterocycles. The van der Waals surface area contributed by atoms with Crippen molar-refractivity contribution in [2.45, 2.75) is 19.8 Å². The summed E-state index contributed by atoms with van der Waals surface area (Å²) in [5.74, 6) is 0.667. The van der Waals surface area contributed by atoms with Gasteiger partial charge in [0.25, 0.3) is 0 Å². The number of nitrogens with one attached hydrogen (secondary N) is 1. The molecule has 1 aliphatic heterocycles. The summed E-state index contributed by atoms with van der Waals surface area (Å²) in [6.07, 6.45) is 4.01. The second kappa shape index (κ2) is 7.62. The molecule has 2 rings (SSSR count). The van der Waals surface area contributed by atoms with E-state index in [-0.39, 0.29) is 5.91 Å². The molecule has 1 aliphatic rings. The maximum absolute atomic E-state index is 12.4. The molecule has 0 spiro atoms. The average Bonchev–Trinajstić information content (AvgIpc) is 2.48. The van der Waals surface area contributed by atoms with Crippen molar-refractivity contribution in [3.8, 4) is 0 Å². The Hall–Kier alpha value is -1.32. The highest BCUT2D eigenvalue weighted by atomic mass is 35.5. The summed E-state index contributed by atoms with van der Waals surface area (Å²) >= 11 is 6.00. The third kappa shape index (κ3) is 4.58. The molecule has 1 saturated heterocycles. The first kappa shape index (κ1) is 16.1. The zero-order valence-electron chi connectivity index (χ0n) is 12.7. The lowest BCUT2D eigenvalue weighted by molar-refractivity contribution is -0.127. The summed E-state index contributed by atoms with van der Waals surface area (Å²) in [5, 5.41) is 3.90. The monoisotopic (exact) mass is 306 g/mol. The molecule has 1 atom stereocenters. The largest absolute Gasteiger partial charge is 0.339 e. The van der Waals surface area contributed by atoms with Gasteiger partial charge in [0.15, 0.2) is 0 Å². The van der Waals surface area contributed by atoms with Crippen LogP contribution >= 0.6 is 11.6 Å². The van der Waals surface area contributed by atoms with E-state index in [9.17, 15) is 4.79 Å². The van der Waals surface area contributed by atoms with Crippen molar-refractivity contribution in [2.75, 3.05) is 26.7 Å². The van der Waals surface area contributed by atoms with Crippen molar-refractivity contribution in [2.24, 2.45) is 5.92 Å². The molecule has 1 heterocycles. The fourth-order valence-corrected chi connectivity index (χ4v) is 3.00. The zero-order valence-corrected chi connectivity index (χ0v) is 13.5. The SMILES string of the molecule is CNCC1CCCN(C(=O)/C=C(\C)c2cccc(Cl)c2)C1. The molecule has 1 aromatic carbocycles. The van der Waals surface area contributed by atoms with E-state index < -0.39 is 0 Å². The lowest BCUT2D eigenvalue weighted by Crippen LogP contribution is -2.41. The van der Waals surface area contributed by atoms with Crippen molar-refractivity contribution in [3.05, 3.63) is 40.9 Å². The van der Waals surface area contributed by atoms with E-state index in [0.717, 1.165) is 37.2 Å². The van der Waals surface area contributed by atoms with Gasteiger partial charge >= 0.3 is 0 Å². The molecule has 21 heavy (non-hydrogen) atoms. The van der Waals surface area contributed by atoms with E-state index in [2.05, 4.69) is 5.32 Å². The van der Waals surface area contributed by atoms with Gasteiger partial charge < -0.3 is 10.2 Å². The van der Waals surface area contributed by atoms with E-state index in [1.54, 1.807) is 6.08 Å². The molecule has 114 valence electrons. The van der Waals surface area contributed by atoms with E-state index in [1.807, 2.05) is 43.1 Å². The van der Waals surface area contributed by atoms with Crippen LogP contribution in [-0.2, 0) is 4.79 Å². The van der Waals surface area contributed by atoms with Crippen molar-refractivity contribution >= 4 is 23.1 Å². The summed E-state index contributed by atoms with van der Waals surface area (Å²) in [7, 11) is 1.96. The Morgan fingerprint density at radius 3 is 3.05 bits per heavy atom. The van der Waals surface area contributed by atoms with Gasteiger partial charge in [-0.2, -0.15) is 0 Å². The lowest BCUT2D eigenvalue weighted by atomic mass is 9.97. The topological polar surface area (TPSA) is 32.3 Å². The minimum Gasteiger partial charge on any atom is -0.339 e. The van der Waals surface area contributed by atoms with Crippen LogP contribution < -0.4 is 5.32 Å². The van der Waals surface area contributed by atoms with Crippen molar-refractivity contribution in [3.63, 3.8) is 0 Å². The molecule has 0 saturated carbocycles. The Labute approximate surface area is 132 Å². The number of hydrogen-bond acceptors (Lipinski definition) is 2. The highest BCUT2D eigenvalue weighted by Gasteiger charge is 2.22. The molecule has 1 unspecified atom stereocenters. The van der Waals surface area contributed by atoms with Gasteiger partial charge in [-0.3, -0.25) is 4.79 Å². The summed E-state index contributed by atoms with van der Waals surface area (Å²) in [5.41, 5.74) is 1.96. The zero-order chi connectivity index (χ0) is 15.2. The van der Waals surface area contributed by atoms with Crippen LogP contribution in [0.25, 0.3) is 5.57 Å². The fourth-order valence-electron chi connectivity index (χ4n) is 2.81. The number of piperidine rings is 1. The maximum Gasteiger partial charge on any atom is 0.246 e. The van der Waals surface area contributed by atoms with Crippen LogP contribution in [0.1, 0.15) is 25.3 Å². The second-order valence-corrected chi connectivity index (χ2v) is 6.12. The first-order valence-electron chi connectivity index (χ1n) is 7.48. The Kier molecular flexibility index (Phi) is 5.83. The molecule has 1 amide bonds. The average molecular weight is 307 g/mol. The number of allylic oxidation sites excluding steroid dienone is 1. The van der Waals surface area contributed by atoms with Crippen LogP contribution in [0.5, 0.6) is 0 Å². The fraction of sp³-hybridized carbons (Fsp3) is 0.471. The summed E-state index contributed by atoms with van der Waals surface area (Å²) in [6, 6.07) is 7.61. The standard InChI is InChI=1S/C17H23ClN2O/c1-13(15-6-3-7-16(18)10-15)9-17(21)20-8-4-5-14(12-20)11-19-2/h3,6-7,9-10,14,19H,4-5,8,11-12H2,1-2H3/b13-9+. The number of nitrogens with zero attached hydrogens (tertiary/aromatic N) is 1. The number of benzene rings is 1. The van der Waals surface area contributed by atoms with Gasteiger partial charge in [-0.1, -0.05) is 23.7 Å². The third-order valence-corrected chi connectivity index (χ3v) is 4.18. The van der Waals surface area contributed by atoms with Crippen LogP contribution in [0.2, 0.25) is 5.02 Å². The second-order valence-electron chi connectivity index (χ2n) is 5.69. The van der Waals surface area contributed by atoms with Gasteiger partial charge in [-0.25, -0.2) is 0 Å². The number of hydrogen-bond donors (Lipinski definition) is 1. The number of rotatable bonds is 4. The first-order valence-corrected chi connectivity index (χ1v) is 7.85. The van der Waals surface area contributed by atoms with E-state index in [1.165, 1.54) is 6.42 Å². The summed E-state index contributed by atoms with van der Waals surface area (Å²) in [4.78, 5) is 14.4. The molecule has 1 N–H and O–H groups in total. The number of amides is 1. The predicted molar refractivity (Wildman–Crippen MR) is 88.3 cm³/mol. The summed E-state index contributed by atoms with van der Waals surface area (Å²) < 4.78 is 0. The van der Waals surface area contributed by atoms with Gasteiger partial charge in [0.1, 0.15) is 0 Å². The minimum atomic E-state index is 0.105. The highest BCUT2D eigenvalue weighted by molar-refractivity contribution is 6.30. The summed E-state index contributed by atoms with van der Waals surface area (Å²) in [6.45, 7) is 4.64. The molecule has 1 fully saturated rings. The molecule has 0 bridgehead atoms. The predicted octanol–water partition coefficient (Wildman–Crippen LogP) is 3.20. The Bertz CT molecular complexity index is 525. The van der Waals surface area contributed by atoms with Crippen molar-refractivity contribution in [1.82, 2.24) is 10.2 Å². The molecular formula is C17H23ClN2O. The van der Waals surface area contributed by atoms with Gasteiger partial charge in [0, 0.05) is 24.2 Å². The number of halogens is 1. The minimum absolute atomic E-state index is 0.105. The first-order chi connectivity index (χ1) is 10.1. The smallest absolute Gasteiger partial charge is 0.246 e. The van der Waals surface area contributed by atoms with Crippen LogP contribution in [-0.4, -0.2) is 37.5 Å². The molecule has 0 radical (unpaired) electrons. The van der Waals surface area contributed by atoms with Gasteiger partial charge in [-0.15, -0.1) is 0 Å². The van der Waals surface area contributed by atoms with E-state index >= 15 is 0 Å². The van der Waals surface area contributed by atoms with Gasteiger partial charge in [-0.05, 0) is 62.5 Å². The normalized spacial score (nSPS) is 19.7. The van der Waals surface area contributed by atoms with E-state index in [0.29, 0.717) is 10.9 Å². The highest BCUT2D eigenvalue weighted by Crippen LogP contribution is 2.20. The van der Waals surface area contributed by atoms with Gasteiger partial charge in [0.05, 0.1) is 0 Å². The number of carbonyl (C=O) groups is 1. The number of likely N-dealkylation sites (tertiary alicyclic amines) is 1. The van der Waals surface area contributed by atoms with Crippen LogP contribution in [0.4, 0.5) is 0 Å². The Morgan fingerprint density at radius 2 is 2.33 bits per heavy atom. The molecule has 1 aromatic rings. The quantitative estimate of drug-likeness (QED) is 0.866. The molecule has 3 nitrogen and oxygen atoms in total. The van der Waals surface area contributed by atoms with Crippen molar-refractivity contribution < 1.29 is 4.79 Å². The van der Waals surface area contributed by atoms with Crippen LogP contribution in [0.3, 0.4) is 0 Å². The molecular weight excluding hydrogens is 284 g/mol. The molecule has 0 aliphatic carbocycles. The van der Waals surface area contributed by atoms with Crippen LogP contribution in [0, 0.1) is 5.92 Å². The van der Waals surface area contributed by atoms with Crippen LogP contribution in [0.15, 0.2) is 30.3 Å². The Balaban J connectivity index is 2.04. The van der Waals surface area contributed by atoms with Gasteiger partial charge in [0.2, 0.25) is 5.91 Å². The van der Waals surface area contributed by atoms with Crippen molar-refractivity contribution in [1.29, 1.82) is 0 Å². The Morgan fingerprint density at radius 1 is 1.52 bits per heavy atom. The maximum atomic E-state index is 12.4. The lowest BCUT2D eigenvalue weighted by Gasteiger charge is -2.32.